The van der Waals surface area contributed by atoms with Crippen molar-refractivity contribution in [1.82, 2.24) is 14.9 Å². The van der Waals surface area contributed by atoms with Crippen molar-refractivity contribution in [2.45, 2.75) is 56.3 Å². The molecular weight excluding hydrogens is 437 g/mol. The van der Waals surface area contributed by atoms with Crippen LogP contribution in [-0.4, -0.2) is 60.7 Å². The maximum Gasteiger partial charge on any atom is 0.264 e. The van der Waals surface area contributed by atoms with Crippen LogP contribution in [0.2, 0.25) is 5.02 Å². The maximum absolute atomic E-state index is 13.4. The first kappa shape index (κ1) is 22.9. The highest BCUT2D eigenvalue weighted by Crippen LogP contribution is 2.31. The van der Waals surface area contributed by atoms with Gasteiger partial charge in [0.1, 0.15) is 5.82 Å². The zero-order valence-corrected chi connectivity index (χ0v) is 18.1. The summed E-state index contributed by atoms with van der Waals surface area (Å²) in [7, 11) is -3.29. The van der Waals surface area contributed by atoms with E-state index in [4.69, 9.17) is 11.6 Å². The molecule has 0 spiro atoms. The molecule has 1 heterocycles. The lowest BCUT2D eigenvalue weighted by molar-refractivity contribution is -0.155. The molecular formula is C19H25ClFN3O5S. The first-order chi connectivity index (χ1) is 14.0. The van der Waals surface area contributed by atoms with Crippen LogP contribution >= 0.6 is 11.6 Å². The van der Waals surface area contributed by atoms with E-state index in [-0.39, 0.29) is 36.6 Å². The number of rotatable bonds is 6. The number of amides is 2. The maximum atomic E-state index is 13.4. The lowest BCUT2D eigenvalue weighted by Crippen LogP contribution is -2.54. The molecule has 3 rings (SSSR count). The van der Waals surface area contributed by atoms with Crippen molar-refractivity contribution in [2.75, 3.05) is 12.8 Å². The Kier molecular flexibility index (Phi) is 6.71. The number of sulfonamides is 1. The molecule has 30 heavy (non-hydrogen) atoms. The molecule has 1 aromatic carbocycles. The van der Waals surface area contributed by atoms with Gasteiger partial charge in [-0.05, 0) is 49.4 Å². The molecule has 2 fully saturated rings. The van der Waals surface area contributed by atoms with Gasteiger partial charge in [-0.2, -0.15) is 0 Å². The van der Waals surface area contributed by atoms with Gasteiger partial charge in [-0.3, -0.25) is 9.59 Å². The number of benzene rings is 1. The van der Waals surface area contributed by atoms with E-state index < -0.39 is 33.3 Å². The van der Waals surface area contributed by atoms with E-state index in [0.717, 1.165) is 12.3 Å². The second-order valence-electron chi connectivity index (χ2n) is 7.96. The van der Waals surface area contributed by atoms with E-state index in [1.165, 1.54) is 17.0 Å². The fourth-order valence-electron chi connectivity index (χ4n) is 4.14. The predicted octanol–water partition coefficient (Wildman–Crippen LogP) is 0.919. The van der Waals surface area contributed by atoms with Gasteiger partial charge in [0.2, 0.25) is 15.6 Å². The third-order valence-corrected chi connectivity index (χ3v) is 6.58. The Morgan fingerprint density at radius 2 is 1.97 bits per heavy atom. The fraction of sp³-hybridized carbons (Fsp3) is 0.579. The molecule has 0 bridgehead atoms. The van der Waals surface area contributed by atoms with E-state index in [0.29, 0.717) is 31.2 Å². The highest BCUT2D eigenvalue weighted by molar-refractivity contribution is 7.88. The smallest absolute Gasteiger partial charge is 0.264 e. The minimum absolute atomic E-state index is 0.0386. The Balaban J connectivity index is 1.57. The van der Waals surface area contributed by atoms with Crippen molar-refractivity contribution in [3.8, 4) is 0 Å². The summed E-state index contributed by atoms with van der Waals surface area (Å²) in [6.07, 6.45) is 3.39. The third-order valence-electron chi connectivity index (χ3n) is 5.60. The van der Waals surface area contributed by atoms with E-state index in [9.17, 15) is 27.5 Å². The zero-order chi connectivity index (χ0) is 22.1. The summed E-state index contributed by atoms with van der Waals surface area (Å²) in [4.78, 5) is 26.9. The Morgan fingerprint density at radius 3 is 2.57 bits per heavy atom. The Bertz CT molecular complexity index is 916. The van der Waals surface area contributed by atoms with E-state index in [1.807, 2.05) is 0 Å². The van der Waals surface area contributed by atoms with Crippen molar-refractivity contribution < 1.29 is 27.5 Å². The first-order valence-corrected chi connectivity index (χ1v) is 12.0. The standard InChI is InChI=1S/C19H25ClFN3O5S/c1-30(28,29)23-15-2-4-16(5-3-15)24-7-6-19(27,18(24)26)17(25)22-11-12-8-13(20)10-14(21)9-12/h8-10,15-16,23,27H,2-7,11H2,1H3,(H,22,25)/t15-,16-,19?. The van der Waals surface area contributed by atoms with Crippen molar-refractivity contribution in [3.05, 3.63) is 34.6 Å². The van der Waals surface area contributed by atoms with Gasteiger partial charge >= 0.3 is 0 Å². The normalized spacial score (nSPS) is 27.3. The van der Waals surface area contributed by atoms with E-state index in [1.54, 1.807) is 0 Å². The minimum atomic E-state index is -3.29. The number of carbonyl (C=O) groups is 2. The SMILES string of the molecule is CS(=O)(=O)N[C@H]1CC[C@H](N2CCC(O)(C(=O)NCc3cc(F)cc(Cl)c3)C2=O)CC1. The van der Waals surface area contributed by atoms with Crippen molar-refractivity contribution in [1.29, 1.82) is 0 Å². The number of hydrogen-bond donors (Lipinski definition) is 3. The van der Waals surface area contributed by atoms with Gasteiger partial charge in [-0.25, -0.2) is 17.5 Å². The van der Waals surface area contributed by atoms with Crippen LogP contribution in [0, 0.1) is 5.82 Å². The predicted molar refractivity (Wildman–Crippen MR) is 109 cm³/mol. The topological polar surface area (TPSA) is 116 Å². The van der Waals surface area contributed by atoms with Gasteiger partial charge in [0, 0.05) is 36.6 Å². The largest absolute Gasteiger partial charge is 0.372 e. The second-order valence-corrected chi connectivity index (χ2v) is 10.2. The van der Waals surface area contributed by atoms with Gasteiger partial charge in [0.15, 0.2) is 0 Å². The molecule has 1 aliphatic carbocycles. The van der Waals surface area contributed by atoms with Gasteiger partial charge in [0.25, 0.3) is 11.8 Å². The van der Waals surface area contributed by atoms with Crippen molar-refractivity contribution in [2.24, 2.45) is 0 Å². The van der Waals surface area contributed by atoms with Crippen LogP contribution in [0.3, 0.4) is 0 Å². The Labute approximate surface area is 179 Å². The van der Waals surface area contributed by atoms with Crippen molar-refractivity contribution >= 4 is 33.4 Å². The molecule has 2 aliphatic rings. The molecule has 1 saturated carbocycles. The summed E-state index contributed by atoms with van der Waals surface area (Å²) in [6, 6.07) is 3.51. The van der Waals surface area contributed by atoms with Gasteiger partial charge in [-0.1, -0.05) is 11.6 Å². The molecule has 8 nitrogen and oxygen atoms in total. The van der Waals surface area contributed by atoms with Crippen LogP contribution in [0.25, 0.3) is 0 Å². The summed E-state index contributed by atoms with van der Waals surface area (Å²) in [5, 5.41) is 13.4. The number of nitrogens with zero attached hydrogens (tertiary/aromatic N) is 1. The van der Waals surface area contributed by atoms with Crippen molar-refractivity contribution in [3.63, 3.8) is 0 Å². The molecule has 3 N–H and O–H groups in total. The van der Waals surface area contributed by atoms with Crippen LogP contribution in [0.15, 0.2) is 18.2 Å². The number of hydrogen-bond acceptors (Lipinski definition) is 5. The molecule has 0 aromatic heterocycles. The quantitative estimate of drug-likeness (QED) is 0.545. The molecule has 1 atom stereocenters. The van der Waals surface area contributed by atoms with Crippen LogP contribution in [0.1, 0.15) is 37.7 Å². The highest BCUT2D eigenvalue weighted by atomic mass is 35.5. The lowest BCUT2D eigenvalue weighted by atomic mass is 9.90. The van der Waals surface area contributed by atoms with Gasteiger partial charge in [-0.15, -0.1) is 0 Å². The Hall–Kier alpha value is -1.75. The first-order valence-electron chi connectivity index (χ1n) is 9.72. The lowest BCUT2D eigenvalue weighted by Gasteiger charge is -2.35. The Morgan fingerprint density at radius 1 is 1.30 bits per heavy atom. The monoisotopic (exact) mass is 461 g/mol. The summed E-state index contributed by atoms with van der Waals surface area (Å²) in [6.45, 7) is 0.164. The zero-order valence-electron chi connectivity index (χ0n) is 16.5. The van der Waals surface area contributed by atoms with E-state index in [2.05, 4.69) is 10.0 Å². The van der Waals surface area contributed by atoms with Gasteiger partial charge < -0.3 is 15.3 Å². The summed E-state index contributed by atoms with van der Waals surface area (Å²) < 4.78 is 38.7. The molecule has 11 heteroatoms. The minimum Gasteiger partial charge on any atom is -0.372 e. The molecule has 166 valence electrons. The molecule has 0 radical (unpaired) electrons. The number of aliphatic hydroxyl groups is 1. The third kappa shape index (κ3) is 5.29. The number of likely N-dealkylation sites (tertiary alicyclic amines) is 1. The number of halogens is 2. The highest BCUT2D eigenvalue weighted by Gasteiger charge is 2.53. The molecule has 1 aromatic rings. The van der Waals surface area contributed by atoms with Crippen LogP contribution in [0.4, 0.5) is 4.39 Å². The molecule has 1 unspecified atom stereocenters. The molecule has 1 aliphatic heterocycles. The average molecular weight is 462 g/mol. The summed E-state index contributed by atoms with van der Waals surface area (Å²) in [5.74, 6) is -2.03. The fourth-order valence-corrected chi connectivity index (χ4v) is 5.22. The number of nitrogens with one attached hydrogen (secondary N) is 2. The molecule has 1 saturated heterocycles. The second kappa shape index (κ2) is 8.78. The van der Waals surface area contributed by atoms with Crippen LogP contribution < -0.4 is 10.0 Å². The van der Waals surface area contributed by atoms with Crippen LogP contribution in [-0.2, 0) is 26.2 Å². The summed E-state index contributed by atoms with van der Waals surface area (Å²) >= 11 is 5.79. The van der Waals surface area contributed by atoms with E-state index >= 15 is 0 Å². The number of carbonyl (C=O) groups excluding carboxylic acids is 2. The van der Waals surface area contributed by atoms with Crippen LogP contribution in [0.5, 0.6) is 0 Å². The summed E-state index contributed by atoms with van der Waals surface area (Å²) in [5.41, 5.74) is -1.75. The average Bonchev–Trinajstić information content (AvgIpc) is 2.95. The molecule has 2 amide bonds. The van der Waals surface area contributed by atoms with Gasteiger partial charge in [0.05, 0.1) is 6.26 Å².